The lowest BCUT2D eigenvalue weighted by molar-refractivity contribution is -0.385. The van der Waals surface area contributed by atoms with Crippen molar-refractivity contribution >= 4 is 11.8 Å². The molecule has 1 aromatic rings. The van der Waals surface area contributed by atoms with Crippen LogP contribution < -0.4 is 5.32 Å². The smallest absolute Gasteiger partial charge is 0.416 e. The van der Waals surface area contributed by atoms with Gasteiger partial charge in [-0.25, -0.2) is 4.79 Å². The molecule has 0 radical (unpaired) electrons. The number of halogens is 3. The molecule has 1 rings (SSSR count). The zero-order chi connectivity index (χ0) is 16.4. The van der Waals surface area contributed by atoms with Gasteiger partial charge in [-0.15, -0.1) is 0 Å². The quantitative estimate of drug-likeness (QED) is 0.660. The van der Waals surface area contributed by atoms with Gasteiger partial charge in [-0.1, -0.05) is 6.07 Å². The summed E-state index contributed by atoms with van der Waals surface area (Å²) in [5, 5.41) is 21.3. The molecule has 0 unspecified atom stereocenters. The van der Waals surface area contributed by atoms with Crippen LogP contribution in [0.25, 0.3) is 0 Å². The molecule has 0 spiro atoms. The van der Waals surface area contributed by atoms with Crippen molar-refractivity contribution in [3.63, 3.8) is 0 Å². The summed E-state index contributed by atoms with van der Waals surface area (Å²) < 4.78 is 38.9. The van der Waals surface area contributed by atoms with Crippen molar-refractivity contribution in [2.24, 2.45) is 0 Å². The fraction of sp³-hybridized carbons (Fsp3) is 0.417. The van der Waals surface area contributed by atoms with E-state index in [9.17, 15) is 28.1 Å². The molecule has 9 heteroatoms. The zero-order valence-electron chi connectivity index (χ0n) is 11.2. The fourth-order valence-electron chi connectivity index (χ4n) is 1.91. The maximum Gasteiger partial charge on any atom is 0.416 e. The molecular formula is C12H13F3N2O4. The van der Waals surface area contributed by atoms with E-state index in [2.05, 4.69) is 5.32 Å². The molecule has 116 valence electrons. The second-order valence-corrected chi connectivity index (χ2v) is 5.09. The van der Waals surface area contributed by atoms with Crippen LogP contribution in [0.3, 0.4) is 0 Å². The number of non-ortho nitro benzene ring substituents is 1. The van der Waals surface area contributed by atoms with Crippen molar-refractivity contribution in [1.29, 1.82) is 0 Å². The second-order valence-electron chi connectivity index (χ2n) is 5.09. The van der Waals surface area contributed by atoms with Crippen LogP contribution in [-0.4, -0.2) is 21.7 Å². The molecular weight excluding hydrogens is 293 g/mol. The van der Waals surface area contributed by atoms with Crippen molar-refractivity contribution in [2.75, 3.05) is 0 Å². The summed E-state index contributed by atoms with van der Waals surface area (Å²) in [5.74, 6) is 0. The highest BCUT2D eigenvalue weighted by atomic mass is 19.4. The number of nitro groups is 1. The van der Waals surface area contributed by atoms with Gasteiger partial charge in [-0.2, -0.15) is 13.2 Å². The number of rotatable bonds is 4. The Bertz CT molecular complexity index is 570. The molecule has 0 heterocycles. The van der Waals surface area contributed by atoms with E-state index in [4.69, 9.17) is 5.11 Å². The van der Waals surface area contributed by atoms with Crippen molar-refractivity contribution in [3.05, 3.63) is 39.4 Å². The summed E-state index contributed by atoms with van der Waals surface area (Å²) in [5.41, 5.74) is -3.18. The first-order valence-electron chi connectivity index (χ1n) is 5.78. The Morgan fingerprint density at radius 1 is 1.38 bits per heavy atom. The van der Waals surface area contributed by atoms with Gasteiger partial charge in [0, 0.05) is 17.7 Å². The maximum atomic E-state index is 13.0. The average molecular weight is 306 g/mol. The number of nitro benzene ring substituents is 1. The SMILES string of the molecule is CC(C)(Cc1ccc([N+](=O)[O-])cc1C(F)(F)F)NC(=O)O. The van der Waals surface area contributed by atoms with Crippen molar-refractivity contribution in [3.8, 4) is 0 Å². The van der Waals surface area contributed by atoms with Crippen LogP contribution in [0.1, 0.15) is 25.0 Å². The Labute approximate surface area is 117 Å². The molecule has 21 heavy (non-hydrogen) atoms. The third kappa shape index (κ3) is 4.62. The first-order valence-corrected chi connectivity index (χ1v) is 5.78. The van der Waals surface area contributed by atoms with Crippen molar-refractivity contribution in [1.82, 2.24) is 5.32 Å². The van der Waals surface area contributed by atoms with Crippen LogP contribution in [0.4, 0.5) is 23.7 Å². The minimum absolute atomic E-state index is 0.216. The first-order chi connectivity index (χ1) is 9.42. The molecule has 1 amide bonds. The lowest BCUT2D eigenvalue weighted by Crippen LogP contribution is -2.44. The van der Waals surface area contributed by atoms with Crippen LogP contribution in [0.2, 0.25) is 0 Å². The molecule has 6 nitrogen and oxygen atoms in total. The minimum Gasteiger partial charge on any atom is -0.465 e. The number of benzene rings is 1. The highest BCUT2D eigenvalue weighted by Crippen LogP contribution is 2.35. The first kappa shape index (κ1) is 16.7. The summed E-state index contributed by atoms with van der Waals surface area (Å²) in [6.07, 6.45) is -6.39. The van der Waals surface area contributed by atoms with Gasteiger partial charge in [0.1, 0.15) is 0 Å². The Kier molecular flexibility index (Phi) is 4.45. The normalized spacial score (nSPS) is 12.0. The van der Waals surface area contributed by atoms with Gasteiger partial charge in [-0.05, 0) is 25.8 Å². The Balaban J connectivity index is 3.24. The molecule has 0 atom stereocenters. The largest absolute Gasteiger partial charge is 0.465 e. The lowest BCUT2D eigenvalue weighted by Gasteiger charge is -2.26. The highest BCUT2D eigenvalue weighted by molar-refractivity contribution is 5.65. The third-order valence-electron chi connectivity index (χ3n) is 2.69. The molecule has 0 saturated heterocycles. The van der Waals surface area contributed by atoms with Gasteiger partial charge >= 0.3 is 12.3 Å². The standard InChI is InChI=1S/C12H13F3N2O4/c1-11(2,16-10(18)19)6-7-3-4-8(17(20)21)5-9(7)12(13,14)15/h3-5,16H,6H2,1-2H3,(H,18,19). The van der Waals surface area contributed by atoms with E-state index in [1.165, 1.54) is 13.8 Å². The zero-order valence-corrected chi connectivity index (χ0v) is 11.2. The van der Waals surface area contributed by atoms with E-state index in [1.54, 1.807) is 0 Å². The van der Waals surface area contributed by atoms with E-state index in [-0.39, 0.29) is 12.0 Å². The molecule has 0 aliphatic rings. The number of hydrogen-bond donors (Lipinski definition) is 2. The molecule has 0 fully saturated rings. The fourth-order valence-corrected chi connectivity index (χ4v) is 1.91. The number of hydrogen-bond acceptors (Lipinski definition) is 3. The number of carbonyl (C=O) groups is 1. The summed E-state index contributed by atoms with van der Waals surface area (Å²) in [4.78, 5) is 20.3. The predicted molar refractivity (Wildman–Crippen MR) is 67.0 cm³/mol. The maximum absolute atomic E-state index is 13.0. The van der Waals surface area contributed by atoms with Gasteiger partial charge in [0.15, 0.2) is 0 Å². The van der Waals surface area contributed by atoms with Crippen LogP contribution in [0.15, 0.2) is 18.2 Å². The summed E-state index contributed by atoms with van der Waals surface area (Å²) in [6.45, 7) is 2.84. The van der Waals surface area contributed by atoms with E-state index < -0.39 is 34.0 Å². The second kappa shape index (κ2) is 5.58. The molecule has 1 aromatic carbocycles. The molecule has 2 N–H and O–H groups in total. The summed E-state index contributed by atoms with van der Waals surface area (Å²) in [7, 11) is 0. The number of nitrogens with zero attached hydrogens (tertiary/aromatic N) is 1. The van der Waals surface area contributed by atoms with Gasteiger partial charge in [0.2, 0.25) is 0 Å². The number of alkyl halides is 3. The average Bonchev–Trinajstić information content (AvgIpc) is 2.24. The van der Waals surface area contributed by atoms with Crippen LogP contribution >= 0.6 is 0 Å². The van der Waals surface area contributed by atoms with Crippen LogP contribution in [0, 0.1) is 10.1 Å². The highest BCUT2D eigenvalue weighted by Gasteiger charge is 2.36. The Hall–Kier alpha value is -2.32. The number of amides is 1. The Morgan fingerprint density at radius 3 is 2.38 bits per heavy atom. The van der Waals surface area contributed by atoms with Gasteiger partial charge < -0.3 is 10.4 Å². The molecule has 0 bridgehead atoms. The summed E-state index contributed by atoms with van der Waals surface area (Å²) in [6, 6.07) is 2.40. The monoisotopic (exact) mass is 306 g/mol. The van der Waals surface area contributed by atoms with Gasteiger partial charge in [0.25, 0.3) is 5.69 Å². The molecule has 0 aliphatic carbocycles. The van der Waals surface area contributed by atoms with E-state index in [1.807, 2.05) is 0 Å². The van der Waals surface area contributed by atoms with Gasteiger partial charge in [-0.3, -0.25) is 10.1 Å². The summed E-state index contributed by atoms with van der Waals surface area (Å²) >= 11 is 0. The molecule has 0 aliphatic heterocycles. The van der Waals surface area contributed by atoms with Crippen LogP contribution in [-0.2, 0) is 12.6 Å². The van der Waals surface area contributed by atoms with Crippen molar-refractivity contribution < 1.29 is 28.0 Å². The van der Waals surface area contributed by atoms with E-state index in [0.717, 1.165) is 12.1 Å². The molecule has 0 aromatic heterocycles. The van der Waals surface area contributed by atoms with E-state index in [0.29, 0.717) is 6.07 Å². The van der Waals surface area contributed by atoms with Gasteiger partial charge in [0.05, 0.1) is 10.5 Å². The number of carboxylic acid groups (broad SMARTS) is 1. The van der Waals surface area contributed by atoms with Crippen LogP contribution in [0.5, 0.6) is 0 Å². The lowest BCUT2D eigenvalue weighted by atomic mass is 9.91. The number of nitrogens with one attached hydrogen (secondary N) is 1. The topological polar surface area (TPSA) is 92.5 Å². The Morgan fingerprint density at radius 2 is 1.95 bits per heavy atom. The molecule has 0 saturated carbocycles. The minimum atomic E-state index is -4.76. The van der Waals surface area contributed by atoms with E-state index >= 15 is 0 Å². The predicted octanol–water partition coefficient (Wildman–Crippen LogP) is 3.20. The third-order valence-corrected chi connectivity index (χ3v) is 2.69. The van der Waals surface area contributed by atoms with Crippen molar-refractivity contribution in [2.45, 2.75) is 32.0 Å².